The van der Waals surface area contributed by atoms with Gasteiger partial charge in [-0.15, -0.1) is 11.8 Å². The molecular weight excluding hydrogens is 330 g/mol. The summed E-state index contributed by atoms with van der Waals surface area (Å²) in [5.74, 6) is 0.997. The van der Waals surface area contributed by atoms with Gasteiger partial charge in [-0.1, -0.05) is 51.3 Å². The van der Waals surface area contributed by atoms with Crippen LogP contribution in [0.5, 0.6) is 0 Å². The molecule has 0 saturated heterocycles. The Morgan fingerprint density at radius 3 is 2.40 bits per heavy atom. The second-order valence-electron chi connectivity index (χ2n) is 5.08. The van der Waals surface area contributed by atoms with Crippen molar-refractivity contribution in [3.05, 3.63) is 63.1 Å². The molecule has 2 N–H and O–H groups in total. The summed E-state index contributed by atoms with van der Waals surface area (Å²) in [7, 11) is 0. The third-order valence-electron chi connectivity index (χ3n) is 3.12. The molecule has 0 amide bonds. The average molecular weight is 350 g/mol. The van der Waals surface area contributed by atoms with Gasteiger partial charge in [0.25, 0.3) is 0 Å². The molecule has 0 heterocycles. The van der Waals surface area contributed by atoms with Gasteiger partial charge in [0.15, 0.2) is 0 Å². The molecule has 0 unspecified atom stereocenters. The second-order valence-corrected chi connectivity index (χ2v) is 7.01. The Morgan fingerprint density at radius 2 is 1.75 bits per heavy atom. The third-order valence-corrected chi connectivity index (χ3v) is 4.78. The van der Waals surface area contributed by atoms with Gasteiger partial charge < -0.3 is 5.73 Å². The van der Waals surface area contributed by atoms with Gasteiger partial charge in [0.05, 0.1) is 0 Å². The number of benzene rings is 2. The first kappa shape index (κ1) is 15.6. The Hall–Kier alpha value is -0.770. The molecule has 0 bridgehead atoms. The Balaban J connectivity index is 2.15. The summed E-state index contributed by atoms with van der Waals surface area (Å²) in [6, 6.07) is 13.2. The Labute approximate surface area is 134 Å². The van der Waals surface area contributed by atoms with Gasteiger partial charge in [0.2, 0.25) is 0 Å². The van der Waals surface area contributed by atoms with Crippen molar-refractivity contribution in [3.63, 3.8) is 0 Å². The first-order valence-electron chi connectivity index (χ1n) is 6.77. The lowest BCUT2D eigenvalue weighted by Crippen LogP contribution is -2.03. The first-order valence-corrected chi connectivity index (χ1v) is 8.55. The summed E-state index contributed by atoms with van der Waals surface area (Å²) >= 11 is 5.44. The quantitative estimate of drug-likeness (QED) is 0.780. The monoisotopic (exact) mass is 349 g/mol. The van der Waals surface area contributed by atoms with E-state index in [1.165, 1.54) is 27.1 Å². The van der Waals surface area contributed by atoms with Crippen LogP contribution in [-0.2, 0) is 12.2 Å². The van der Waals surface area contributed by atoms with Crippen molar-refractivity contribution in [2.45, 2.75) is 30.9 Å². The maximum Gasteiger partial charge on any atom is 0.0232 e. The molecule has 0 aliphatic rings. The first-order chi connectivity index (χ1) is 9.58. The molecule has 0 aliphatic heterocycles. The molecule has 2 aromatic rings. The number of thioether (sulfide) groups is 1. The maximum atomic E-state index is 5.69. The average Bonchev–Trinajstić information content (AvgIpc) is 2.38. The van der Waals surface area contributed by atoms with Crippen LogP contribution in [0.4, 0.5) is 0 Å². The van der Waals surface area contributed by atoms with Gasteiger partial charge in [-0.3, -0.25) is 0 Å². The minimum absolute atomic E-state index is 0.693. The van der Waals surface area contributed by atoms with E-state index in [4.69, 9.17) is 5.73 Å². The molecule has 0 saturated carbocycles. The van der Waals surface area contributed by atoms with E-state index in [2.05, 4.69) is 66.2 Å². The van der Waals surface area contributed by atoms with Gasteiger partial charge in [-0.25, -0.2) is 0 Å². The third kappa shape index (κ3) is 4.37. The van der Waals surface area contributed by atoms with Crippen LogP contribution in [0, 0.1) is 13.8 Å². The zero-order valence-corrected chi connectivity index (χ0v) is 14.4. The van der Waals surface area contributed by atoms with E-state index in [0.717, 1.165) is 16.6 Å². The normalized spacial score (nSPS) is 10.8. The Morgan fingerprint density at radius 1 is 1.05 bits per heavy atom. The molecule has 0 spiro atoms. The molecule has 3 heteroatoms. The van der Waals surface area contributed by atoms with Gasteiger partial charge in [0, 0.05) is 15.1 Å². The van der Waals surface area contributed by atoms with Crippen LogP contribution < -0.4 is 5.73 Å². The maximum absolute atomic E-state index is 5.69. The van der Waals surface area contributed by atoms with Crippen LogP contribution in [0.3, 0.4) is 0 Å². The minimum atomic E-state index is 0.693. The molecule has 20 heavy (non-hydrogen) atoms. The highest BCUT2D eigenvalue weighted by Crippen LogP contribution is 2.30. The minimum Gasteiger partial charge on any atom is -0.330 e. The van der Waals surface area contributed by atoms with Crippen LogP contribution in [0.1, 0.15) is 22.3 Å². The largest absolute Gasteiger partial charge is 0.330 e. The summed E-state index contributed by atoms with van der Waals surface area (Å²) in [6.45, 7) is 5.00. The zero-order chi connectivity index (χ0) is 14.5. The highest BCUT2D eigenvalue weighted by Gasteiger charge is 2.05. The van der Waals surface area contributed by atoms with E-state index < -0.39 is 0 Å². The van der Waals surface area contributed by atoms with E-state index >= 15 is 0 Å². The molecule has 106 valence electrons. The van der Waals surface area contributed by atoms with E-state index in [9.17, 15) is 0 Å². The van der Waals surface area contributed by atoms with Crippen LogP contribution in [0.15, 0.2) is 45.8 Å². The Bertz CT molecular complexity index is 575. The highest BCUT2D eigenvalue weighted by molar-refractivity contribution is 9.10. The van der Waals surface area contributed by atoms with Gasteiger partial charge >= 0.3 is 0 Å². The molecule has 0 radical (unpaired) electrons. The van der Waals surface area contributed by atoms with Crippen molar-refractivity contribution < 1.29 is 0 Å². The van der Waals surface area contributed by atoms with Gasteiger partial charge in [-0.2, -0.15) is 0 Å². The zero-order valence-electron chi connectivity index (χ0n) is 11.9. The molecule has 0 fully saturated rings. The fraction of sp³-hybridized carbons (Fsp3) is 0.294. The SMILES string of the molecule is Cc1cc(C)cc(CSc2cc(Br)ccc2CCN)c1. The number of rotatable bonds is 5. The van der Waals surface area contributed by atoms with Crippen LogP contribution in [-0.4, -0.2) is 6.54 Å². The summed E-state index contributed by atoms with van der Waals surface area (Å²) in [5, 5.41) is 0. The summed E-state index contributed by atoms with van der Waals surface area (Å²) in [6.07, 6.45) is 0.933. The summed E-state index contributed by atoms with van der Waals surface area (Å²) in [4.78, 5) is 1.32. The number of nitrogens with two attached hydrogens (primary N) is 1. The molecule has 2 rings (SSSR count). The highest BCUT2D eigenvalue weighted by atomic mass is 79.9. The number of hydrogen-bond acceptors (Lipinski definition) is 2. The number of halogens is 1. The lowest BCUT2D eigenvalue weighted by Gasteiger charge is -2.10. The van der Waals surface area contributed by atoms with Crippen LogP contribution in [0.25, 0.3) is 0 Å². The van der Waals surface area contributed by atoms with E-state index in [1.54, 1.807) is 0 Å². The van der Waals surface area contributed by atoms with Crippen molar-refractivity contribution >= 4 is 27.7 Å². The molecule has 1 nitrogen and oxygen atoms in total. The van der Waals surface area contributed by atoms with Crippen molar-refractivity contribution in [1.82, 2.24) is 0 Å². The smallest absolute Gasteiger partial charge is 0.0232 e. The molecule has 0 atom stereocenters. The lowest BCUT2D eigenvalue weighted by molar-refractivity contribution is 0.943. The molecule has 0 aliphatic carbocycles. The van der Waals surface area contributed by atoms with Crippen molar-refractivity contribution in [2.24, 2.45) is 5.73 Å². The topological polar surface area (TPSA) is 26.0 Å². The number of aryl methyl sites for hydroxylation is 2. The number of hydrogen-bond donors (Lipinski definition) is 1. The van der Waals surface area contributed by atoms with Crippen molar-refractivity contribution in [3.8, 4) is 0 Å². The summed E-state index contributed by atoms with van der Waals surface area (Å²) < 4.78 is 1.13. The van der Waals surface area contributed by atoms with E-state index in [0.29, 0.717) is 6.54 Å². The molecular formula is C17H20BrNS. The fourth-order valence-electron chi connectivity index (χ4n) is 2.34. The van der Waals surface area contributed by atoms with Gasteiger partial charge in [-0.05, 0) is 50.1 Å². The standard InChI is InChI=1S/C17H20BrNS/c1-12-7-13(2)9-14(8-12)11-20-17-10-16(18)4-3-15(17)5-6-19/h3-4,7-10H,5-6,11,19H2,1-2H3. The summed E-state index contributed by atoms with van der Waals surface area (Å²) in [5.41, 5.74) is 11.1. The fourth-order valence-corrected chi connectivity index (χ4v) is 3.91. The lowest BCUT2D eigenvalue weighted by atomic mass is 10.1. The van der Waals surface area contributed by atoms with Crippen molar-refractivity contribution in [1.29, 1.82) is 0 Å². The predicted molar refractivity (Wildman–Crippen MR) is 92.4 cm³/mol. The van der Waals surface area contributed by atoms with E-state index in [1.807, 2.05) is 11.8 Å². The van der Waals surface area contributed by atoms with Crippen molar-refractivity contribution in [2.75, 3.05) is 6.54 Å². The van der Waals surface area contributed by atoms with Gasteiger partial charge in [0.1, 0.15) is 0 Å². The molecule has 0 aromatic heterocycles. The van der Waals surface area contributed by atoms with Crippen LogP contribution in [0.2, 0.25) is 0 Å². The molecule has 2 aromatic carbocycles. The second kappa shape index (κ2) is 7.30. The Kier molecular flexibility index (Phi) is 5.70. The van der Waals surface area contributed by atoms with E-state index in [-0.39, 0.29) is 0 Å². The van der Waals surface area contributed by atoms with Crippen LogP contribution >= 0.6 is 27.7 Å². The predicted octanol–water partition coefficient (Wildman–Crippen LogP) is 4.86.